The third-order valence-electron chi connectivity index (χ3n) is 12.9. The average Bonchev–Trinajstić information content (AvgIpc) is 3.80. The number of pyridine rings is 1. The van der Waals surface area contributed by atoms with Gasteiger partial charge in [-0.15, -0.1) is 10.2 Å². The van der Waals surface area contributed by atoms with Gasteiger partial charge in [-0.05, 0) is 137 Å². The van der Waals surface area contributed by atoms with Crippen LogP contribution in [-0.4, -0.2) is 87.8 Å². The Bertz CT molecular complexity index is 2130. The third kappa shape index (κ3) is 7.77. The molecule has 5 atom stereocenters. The van der Waals surface area contributed by atoms with Crippen LogP contribution in [0.15, 0.2) is 48.2 Å². The molecule has 4 heterocycles. The first-order chi connectivity index (χ1) is 26.8. The van der Waals surface area contributed by atoms with E-state index in [0.717, 1.165) is 65.6 Å². The van der Waals surface area contributed by atoms with E-state index in [1.54, 1.807) is 35.4 Å². The van der Waals surface area contributed by atoms with E-state index in [1.807, 2.05) is 44.2 Å². The summed E-state index contributed by atoms with van der Waals surface area (Å²) in [5, 5.41) is 35.3. The van der Waals surface area contributed by atoms with Crippen molar-refractivity contribution in [2.45, 2.75) is 84.7 Å². The van der Waals surface area contributed by atoms with E-state index in [9.17, 15) is 9.90 Å². The highest BCUT2D eigenvalue weighted by Crippen LogP contribution is 2.66. The molecule has 0 radical (unpaired) electrons. The van der Waals surface area contributed by atoms with Gasteiger partial charge in [0.05, 0.1) is 22.4 Å². The highest BCUT2D eigenvalue weighted by molar-refractivity contribution is 7.22. The number of hydrogen-bond donors (Lipinski definition) is 4. The van der Waals surface area contributed by atoms with Crippen LogP contribution in [0.25, 0.3) is 15.8 Å². The molecule has 5 unspecified atom stereocenters. The molecule has 56 heavy (non-hydrogen) atoms. The van der Waals surface area contributed by atoms with Gasteiger partial charge in [0.25, 0.3) is 0 Å². The number of carboxylic acids is 1. The molecule has 1 aliphatic heterocycles. The second kappa shape index (κ2) is 15.1. The summed E-state index contributed by atoms with van der Waals surface area (Å²) in [6.45, 7) is 13.9. The van der Waals surface area contributed by atoms with Crippen LogP contribution in [0.2, 0.25) is 0 Å². The van der Waals surface area contributed by atoms with E-state index >= 15 is 0 Å². The molecular formula is C43H55N9O3S. The summed E-state index contributed by atoms with van der Waals surface area (Å²) in [5.74, 6) is 1.38. The van der Waals surface area contributed by atoms with Crippen LogP contribution >= 0.6 is 11.3 Å². The van der Waals surface area contributed by atoms with Gasteiger partial charge in [0.1, 0.15) is 5.82 Å². The molecule has 13 heteroatoms. The highest BCUT2D eigenvalue weighted by atomic mass is 32.1. The predicted molar refractivity (Wildman–Crippen MR) is 224 cm³/mol. The minimum Gasteiger partial charge on any atom is -0.476 e. The lowest BCUT2D eigenvalue weighted by molar-refractivity contribution is -0.165. The smallest absolute Gasteiger partial charge is 0.355 e. The largest absolute Gasteiger partial charge is 0.476 e. The maximum atomic E-state index is 12.7. The van der Waals surface area contributed by atoms with Gasteiger partial charge in [-0.3, -0.25) is 0 Å². The van der Waals surface area contributed by atoms with Crippen molar-refractivity contribution < 1.29 is 14.6 Å². The number of thiazole rings is 1. The van der Waals surface area contributed by atoms with Crippen molar-refractivity contribution in [1.82, 2.24) is 30.4 Å². The lowest BCUT2D eigenvalue weighted by Gasteiger charge is -2.56. The minimum atomic E-state index is -1.16. The molecule has 3 aromatic heterocycles. The van der Waals surface area contributed by atoms with Crippen LogP contribution in [-0.2, 0) is 4.74 Å². The Kier molecular flexibility index (Phi) is 10.4. The number of aromatic carboxylic acids is 1. The molecule has 4 N–H and O–H groups in total. The van der Waals surface area contributed by atoms with Crippen molar-refractivity contribution in [2.24, 2.45) is 22.7 Å². The third-order valence-corrected chi connectivity index (χ3v) is 13.9. The Hall–Kier alpha value is -4.46. The van der Waals surface area contributed by atoms with Crippen molar-refractivity contribution in [1.29, 1.82) is 5.41 Å². The fourth-order valence-corrected chi connectivity index (χ4v) is 11.9. The molecule has 296 valence electrons. The number of allylic oxidation sites excluding steroid dienone is 2. The molecule has 0 amide bonds. The fourth-order valence-electron chi connectivity index (χ4n) is 11.0. The minimum absolute atomic E-state index is 0.0402. The number of fused-ring (bicyclic) bond motifs is 2. The first-order valence-corrected chi connectivity index (χ1v) is 20.9. The average molecular weight is 778 g/mol. The van der Waals surface area contributed by atoms with E-state index < -0.39 is 5.97 Å². The summed E-state index contributed by atoms with van der Waals surface area (Å²) in [7, 11) is 1.79. The van der Waals surface area contributed by atoms with E-state index in [-0.39, 0.29) is 16.7 Å². The zero-order valence-electron chi connectivity index (χ0n) is 33.3. The number of aryl methyl sites for hydroxylation is 1. The summed E-state index contributed by atoms with van der Waals surface area (Å²) in [6, 6.07) is 13.4. The first-order valence-electron chi connectivity index (χ1n) is 20.1. The van der Waals surface area contributed by atoms with E-state index in [2.05, 4.69) is 49.5 Å². The van der Waals surface area contributed by atoms with E-state index in [0.29, 0.717) is 45.8 Å². The molecule has 4 bridgehead atoms. The number of benzene rings is 1. The van der Waals surface area contributed by atoms with Crippen LogP contribution in [0.1, 0.15) is 93.8 Å². The molecule has 9 rings (SSSR count). The summed E-state index contributed by atoms with van der Waals surface area (Å²) < 4.78 is 8.04. The summed E-state index contributed by atoms with van der Waals surface area (Å²) in [4.78, 5) is 26.2. The number of ether oxygens (including phenoxy) is 1. The fraction of sp³-hybridized carbons (Fsp3) is 0.535. The quantitative estimate of drug-likeness (QED) is 0.0913. The zero-order chi connectivity index (χ0) is 39.2. The monoisotopic (exact) mass is 777 g/mol. The molecule has 12 nitrogen and oxygen atoms in total. The van der Waals surface area contributed by atoms with Crippen LogP contribution < -0.4 is 15.5 Å². The first kappa shape index (κ1) is 38.4. The number of carbonyl (C=O) groups is 1. The van der Waals surface area contributed by atoms with Crippen LogP contribution in [0.4, 0.5) is 22.6 Å². The maximum absolute atomic E-state index is 12.7. The number of nitrogens with one attached hydrogen (secondary N) is 3. The van der Waals surface area contributed by atoms with Crippen molar-refractivity contribution in [3.63, 3.8) is 0 Å². The molecule has 4 aromatic rings. The molecule has 4 aliphatic carbocycles. The second-order valence-electron chi connectivity index (χ2n) is 17.7. The lowest BCUT2D eigenvalue weighted by Crippen LogP contribution is -2.53. The van der Waals surface area contributed by atoms with Crippen LogP contribution in [0.5, 0.6) is 0 Å². The Balaban J connectivity index is 0.968. The molecule has 4 saturated carbocycles. The maximum Gasteiger partial charge on any atom is 0.355 e. The van der Waals surface area contributed by atoms with Crippen molar-refractivity contribution in [2.75, 3.05) is 50.1 Å². The second-order valence-corrected chi connectivity index (χ2v) is 18.7. The Morgan fingerprint density at radius 1 is 1.05 bits per heavy atom. The van der Waals surface area contributed by atoms with E-state index in [1.165, 1.54) is 51.4 Å². The number of hydrogen-bond acceptors (Lipinski definition) is 12. The molecule has 5 fully saturated rings. The Morgan fingerprint density at radius 2 is 1.82 bits per heavy atom. The Labute approximate surface area is 333 Å². The standard InChI is InChI=1S/C43H55N9O3S/c1-27-18-36(49-50-38(27)48-40-46-33-10-6-7-11-34(33)56-40)51(5)35-13-12-31(37(47-35)39(53)54)32(22-44)28(2)45-23-30-20-42(4)24-41(3)19-29(30)21-43(25-41,26-42)55-17-16-52-14-8-9-15-52/h6-7,10-13,18,22,29-30,44-45H,8-9,14-17,19-21,23-26H2,1-5H3,(H,53,54)(H,46,48,50)/b32-28+,44-22?. The molecule has 0 spiro atoms. The van der Waals surface area contributed by atoms with Crippen LogP contribution in [0, 0.1) is 35.0 Å². The predicted octanol–water partition coefficient (Wildman–Crippen LogP) is 8.45. The molecule has 1 aromatic carbocycles. The Morgan fingerprint density at radius 3 is 2.55 bits per heavy atom. The summed E-state index contributed by atoms with van der Waals surface area (Å²) in [5.41, 5.74) is 3.82. The van der Waals surface area contributed by atoms with Gasteiger partial charge in [-0.1, -0.05) is 37.3 Å². The molecule has 5 aliphatic rings. The summed E-state index contributed by atoms with van der Waals surface area (Å²) >= 11 is 1.54. The van der Waals surface area contributed by atoms with Crippen molar-refractivity contribution in [3.8, 4) is 0 Å². The number of carboxylic acid groups (broad SMARTS) is 1. The van der Waals surface area contributed by atoms with Crippen LogP contribution in [0.3, 0.4) is 0 Å². The van der Waals surface area contributed by atoms with E-state index in [4.69, 9.17) is 10.1 Å². The molecular weight excluding hydrogens is 723 g/mol. The van der Waals surface area contributed by atoms with Crippen molar-refractivity contribution in [3.05, 3.63) is 65.0 Å². The topological polar surface area (TPSA) is 152 Å². The van der Waals surface area contributed by atoms with Gasteiger partial charge < -0.3 is 35.7 Å². The zero-order valence-corrected chi connectivity index (χ0v) is 34.1. The number of anilines is 4. The van der Waals surface area contributed by atoms with Gasteiger partial charge >= 0.3 is 5.97 Å². The van der Waals surface area contributed by atoms with Gasteiger partial charge in [-0.25, -0.2) is 14.8 Å². The number of aromatic nitrogens is 4. The molecule has 1 saturated heterocycles. The van der Waals surface area contributed by atoms with Gasteiger partial charge in [-0.2, -0.15) is 0 Å². The number of likely N-dealkylation sites (tertiary alicyclic amines) is 1. The van der Waals surface area contributed by atoms with Gasteiger partial charge in [0.15, 0.2) is 22.5 Å². The van der Waals surface area contributed by atoms with Gasteiger partial charge in [0.2, 0.25) is 0 Å². The number of para-hydroxylation sites is 1. The normalized spacial score (nSPS) is 27.6. The highest BCUT2D eigenvalue weighted by Gasteiger charge is 2.60. The lowest BCUT2D eigenvalue weighted by atomic mass is 9.53. The number of nitrogens with zero attached hydrogens (tertiary/aromatic N) is 6. The number of rotatable bonds is 14. The van der Waals surface area contributed by atoms with Gasteiger partial charge in [0, 0.05) is 43.2 Å². The SMILES string of the molecule is C/C(NCC1CC2(C)CC3(C)CC1CC(OCCN1CCCC1)(C2)C3)=C(/C=N)c1ccc(N(C)c2cc(C)c(Nc3nc4ccccc4s3)nn2)nc1C(=O)O. The summed E-state index contributed by atoms with van der Waals surface area (Å²) in [6.07, 6.45) is 10.9. The van der Waals surface area contributed by atoms with Crippen molar-refractivity contribution >= 4 is 61.9 Å².